The van der Waals surface area contributed by atoms with Crippen molar-refractivity contribution in [2.45, 2.75) is 12.6 Å². The van der Waals surface area contributed by atoms with Crippen molar-refractivity contribution in [3.8, 4) is 11.5 Å². The summed E-state index contributed by atoms with van der Waals surface area (Å²) >= 11 is 0. The third kappa shape index (κ3) is 5.58. The van der Waals surface area contributed by atoms with E-state index in [0.717, 1.165) is 37.3 Å². The molecule has 0 aliphatic carbocycles. The molecule has 2 amide bonds. The van der Waals surface area contributed by atoms with Gasteiger partial charge in [-0.3, -0.25) is 19.5 Å². The Morgan fingerprint density at radius 3 is 2.44 bits per heavy atom. The van der Waals surface area contributed by atoms with Gasteiger partial charge in [0, 0.05) is 57.3 Å². The van der Waals surface area contributed by atoms with Gasteiger partial charge in [-0.15, -0.1) is 0 Å². The highest BCUT2D eigenvalue weighted by Crippen LogP contribution is 2.32. The van der Waals surface area contributed by atoms with E-state index in [1.165, 1.54) is 5.69 Å². The molecule has 2 N–H and O–H groups in total. The number of hydrogen-bond acceptors (Lipinski definition) is 7. The average molecular weight is 488 g/mol. The number of nitrogens with one attached hydrogen (secondary N) is 2. The van der Waals surface area contributed by atoms with Gasteiger partial charge in [-0.2, -0.15) is 0 Å². The van der Waals surface area contributed by atoms with Gasteiger partial charge in [0.2, 0.25) is 6.79 Å². The van der Waals surface area contributed by atoms with Gasteiger partial charge in [0.1, 0.15) is 0 Å². The number of ether oxygens (including phenoxy) is 2. The van der Waals surface area contributed by atoms with Crippen molar-refractivity contribution in [1.29, 1.82) is 0 Å². The van der Waals surface area contributed by atoms with Gasteiger partial charge in [-0.25, -0.2) is 0 Å². The quantitative estimate of drug-likeness (QED) is 0.493. The second kappa shape index (κ2) is 11.1. The van der Waals surface area contributed by atoms with E-state index >= 15 is 0 Å². The van der Waals surface area contributed by atoms with Crippen LogP contribution >= 0.6 is 0 Å². The van der Waals surface area contributed by atoms with Crippen molar-refractivity contribution in [1.82, 2.24) is 20.5 Å². The SMILES string of the molecule is O=C(NCc1ccc2c(c1)OCO2)C(=O)NC[C@H](c1cccnc1)N1CCN(c2ccccc2)CC1. The fraction of sp³-hybridized carbons (Fsp3) is 0.296. The van der Waals surface area contributed by atoms with Gasteiger partial charge in [0.05, 0.1) is 6.04 Å². The first kappa shape index (κ1) is 23.6. The fourth-order valence-electron chi connectivity index (χ4n) is 4.54. The number of nitrogens with zero attached hydrogens (tertiary/aromatic N) is 3. The summed E-state index contributed by atoms with van der Waals surface area (Å²) in [6.07, 6.45) is 3.55. The zero-order valence-electron chi connectivity index (χ0n) is 19.9. The molecule has 2 aromatic carbocycles. The zero-order valence-corrected chi connectivity index (χ0v) is 19.9. The molecule has 186 valence electrons. The zero-order chi connectivity index (χ0) is 24.7. The number of carbonyl (C=O) groups is 2. The lowest BCUT2D eigenvalue weighted by molar-refractivity contribution is -0.139. The Morgan fingerprint density at radius 2 is 1.67 bits per heavy atom. The van der Waals surface area contributed by atoms with E-state index in [1.54, 1.807) is 18.3 Å². The number of aromatic nitrogens is 1. The summed E-state index contributed by atoms with van der Waals surface area (Å²) in [4.78, 5) is 34.0. The number of anilines is 1. The van der Waals surface area contributed by atoms with Crippen LogP contribution in [0.1, 0.15) is 17.2 Å². The molecule has 5 rings (SSSR count). The van der Waals surface area contributed by atoms with E-state index in [4.69, 9.17) is 9.47 Å². The molecule has 36 heavy (non-hydrogen) atoms. The van der Waals surface area contributed by atoms with E-state index in [9.17, 15) is 9.59 Å². The Labute approximate surface area is 210 Å². The lowest BCUT2D eigenvalue weighted by Crippen LogP contribution is -2.50. The maximum atomic E-state index is 12.6. The molecule has 1 saturated heterocycles. The first-order valence-electron chi connectivity index (χ1n) is 12.1. The Hall–Kier alpha value is -4.11. The van der Waals surface area contributed by atoms with E-state index < -0.39 is 11.8 Å². The Balaban J connectivity index is 1.16. The summed E-state index contributed by atoms with van der Waals surface area (Å²) < 4.78 is 10.7. The van der Waals surface area contributed by atoms with Crippen LogP contribution in [0.3, 0.4) is 0 Å². The summed E-state index contributed by atoms with van der Waals surface area (Å²) in [6.45, 7) is 4.15. The summed E-state index contributed by atoms with van der Waals surface area (Å²) in [5, 5.41) is 5.50. The van der Waals surface area contributed by atoms with Crippen LogP contribution in [0.25, 0.3) is 0 Å². The topological polar surface area (TPSA) is 96.0 Å². The van der Waals surface area contributed by atoms with Gasteiger partial charge >= 0.3 is 11.8 Å². The molecule has 0 spiro atoms. The molecule has 9 heteroatoms. The fourth-order valence-corrected chi connectivity index (χ4v) is 4.54. The predicted octanol–water partition coefficient (Wildman–Crippen LogP) is 2.11. The number of pyridine rings is 1. The maximum absolute atomic E-state index is 12.6. The van der Waals surface area contributed by atoms with Gasteiger partial charge < -0.3 is 25.0 Å². The molecule has 1 aromatic heterocycles. The van der Waals surface area contributed by atoms with Crippen LogP contribution in [0.4, 0.5) is 5.69 Å². The van der Waals surface area contributed by atoms with Crippen LogP contribution in [0.15, 0.2) is 73.1 Å². The van der Waals surface area contributed by atoms with Crippen molar-refractivity contribution in [2.24, 2.45) is 0 Å². The van der Waals surface area contributed by atoms with Crippen molar-refractivity contribution >= 4 is 17.5 Å². The Morgan fingerprint density at radius 1 is 0.889 bits per heavy atom. The molecule has 0 saturated carbocycles. The number of rotatable bonds is 7. The highest BCUT2D eigenvalue weighted by molar-refractivity contribution is 6.35. The molecule has 1 atom stereocenters. The number of carbonyl (C=O) groups excluding carboxylic acids is 2. The van der Waals surface area contributed by atoms with Gasteiger partial charge in [-0.1, -0.05) is 30.3 Å². The molecule has 3 heterocycles. The van der Waals surface area contributed by atoms with Crippen LogP contribution in [-0.4, -0.2) is 61.2 Å². The smallest absolute Gasteiger partial charge is 0.309 e. The summed E-state index contributed by atoms with van der Waals surface area (Å²) in [5.74, 6) is -0.0224. The second-order valence-corrected chi connectivity index (χ2v) is 8.74. The number of benzene rings is 2. The molecule has 1 fully saturated rings. The highest BCUT2D eigenvalue weighted by atomic mass is 16.7. The first-order valence-corrected chi connectivity index (χ1v) is 12.1. The van der Waals surface area contributed by atoms with Crippen LogP contribution in [-0.2, 0) is 16.1 Å². The van der Waals surface area contributed by atoms with Gasteiger partial charge in [0.15, 0.2) is 11.5 Å². The summed E-state index contributed by atoms with van der Waals surface area (Å²) in [6, 6.07) is 19.6. The molecular weight excluding hydrogens is 458 g/mol. The maximum Gasteiger partial charge on any atom is 0.309 e. The van der Waals surface area contributed by atoms with Gasteiger partial charge in [0.25, 0.3) is 0 Å². The minimum atomic E-state index is -0.675. The first-order chi connectivity index (χ1) is 17.7. The molecule has 0 radical (unpaired) electrons. The monoisotopic (exact) mass is 487 g/mol. The Kier molecular flexibility index (Phi) is 7.28. The normalized spacial score (nSPS) is 15.8. The molecular formula is C27H29N5O4. The molecule has 2 aliphatic heterocycles. The summed E-state index contributed by atoms with van der Waals surface area (Å²) in [7, 11) is 0. The largest absolute Gasteiger partial charge is 0.454 e. The molecule has 3 aromatic rings. The minimum Gasteiger partial charge on any atom is -0.454 e. The predicted molar refractivity (Wildman–Crippen MR) is 135 cm³/mol. The van der Waals surface area contributed by atoms with E-state index in [1.807, 2.05) is 42.6 Å². The van der Waals surface area contributed by atoms with Crippen LogP contribution in [0.2, 0.25) is 0 Å². The van der Waals surface area contributed by atoms with E-state index in [2.05, 4.69) is 37.6 Å². The lowest BCUT2D eigenvalue weighted by Gasteiger charge is -2.40. The van der Waals surface area contributed by atoms with Crippen molar-refractivity contribution in [3.05, 3.63) is 84.2 Å². The number of hydrogen-bond donors (Lipinski definition) is 2. The molecule has 2 aliphatic rings. The van der Waals surface area contributed by atoms with Gasteiger partial charge in [-0.05, 0) is 41.5 Å². The van der Waals surface area contributed by atoms with Crippen LogP contribution < -0.4 is 25.0 Å². The lowest BCUT2D eigenvalue weighted by atomic mass is 10.1. The number of piperazine rings is 1. The second-order valence-electron chi connectivity index (χ2n) is 8.74. The van der Waals surface area contributed by atoms with Crippen LogP contribution in [0.5, 0.6) is 11.5 Å². The molecule has 0 bridgehead atoms. The number of fused-ring (bicyclic) bond motifs is 1. The average Bonchev–Trinajstić information content (AvgIpc) is 3.41. The minimum absolute atomic E-state index is 0.0813. The number of amides is 2. The Bertz CT molecular complexity index is 1180. The van der Waals surface area contributed by atoms with Crippen molar-refractivity contribution < 1.29 is 19.1 Å². The molecule has 0 unspecified atom stereocenters. The van der Waals surface area contributed by atoms with E-state index in [0.29, 0.717) is 18.0 Å². The standard InChI is InChI=1S/C27H29N5O4/c33-26(29-16-20-8-9-24-25(15-20)36-19-35-24)27(34)30-18-23(21-5-4-10-28-17-21)32-13-11-31(12-14-32)22-6-2-1-3-7-22/h1-10,15,17,23H,11-14,16,18-19H2,(H,29,33)(H,30,34)/t23-/m1/s1. The van der Waals surface area contributed by atoms with Crippen molar-refractivity contribution in [3.63, 3.8) is 0 Å². The third-order valence-electron chi connectivity index (χ3n) is 6.50. The summed E-state index contributed by atoms with van der Waals surface area (Å²) in [5.41, 5.74) is 3.04. The van der Waals surface area contributed by atoms with Crippen molar-refractivity contribution in [2.75, 3.05) is 44.4 Å². The van der Waals surface area contributed by atoms with E-state index in [-0.39, 0.29) is 19.4 Å². The highest BCUT2D eigenvalue weighted by Gasteiger charge is 2.27. The third-order valence-corrected chi connectivity index (χ3v) is 6.50. The molecule has 9 nitrogen and oxygen atoms in total. The number of para-hydroxylation sites is 1. The van der Waals surface area contributed by atoms with Crippen LogP contribution in [0, 0.1) is 0 Å².